The number of hydrogen-bond donors (Lipinski definition) is 1. The topological polar surface area (TPSA) is 55.0 Å². The highest BCUT2D eigenvalue weighted by molar-refractivity contribution is 7.98. The smallest absolute Gasteiger partial charge is 0.258 e. The average molecular weight is 298 g/mol. The van der Waals surface area contributed by atoms with Gasteiger partial charge in [-0.25, -0.2) is 4.98 Å². The molecule has 0 unspecified atom stereocenters. The van der Waals surface area contributed by atoms with Crippen molar-refractivity contribution in [2.24, 2.45) is 0 Å². The average Bonchev–Trinajstić information content (AvgIpc) is 2.54. The van der Waals surface area contributed by atoms with Crippen LogP contribution in [0, 0.1) is 0 Å². The molecule has 2 aromatic carbocycles. The molecule has 0 atom stereocenters. The van der Waals surface area contributed by atoms with Crippen molar-refractivity contribution in [1.29, 1.82) is 0 Å². The lowest BCUT2D eigenvalue weighted by molar-refractivity contribution is 0.415. The van der Waals surface area contributed by atoms with E-state index in [1.807, 2.05) is 36.4 Å². The van der Waals surface area contributed by atoms with Gasteiger partial charge in [0.2, 0.25) is 0 Å². The Morgan fingerprint density at radius 1 is 1.19 bits per heavy atom. The minimum Gasteiger partial charge on any atom is -0.497 e. The summed E-state index contributed by atoms with van der Waals surface area (Å²) in [5.41, 5.74) is 0.547. The van der Waals surface area contributed by atoms with Gasteiger partial charge in [-0.2, -0.15) is 0 Å². The van der Waals surface area contributed by atoms with Gasteiger partial charge in [0.25, 0.3) is 5.56 Å². The maximum Gasteiger partial charge on any atom is 0.258 e. The molecule has 5 heteroatoms. The maximum absolute atomic E-state index is 12.1. The minimum absolute atomic E-state index is 0.137. The van der Waals surface area contributed by atoms with Crippen LogP contribution in [0.1, 0.15) is 5.82 Å². The van der Waals surface area contributed by atoms with Gasteiger partial charge in [-0.3, -0.25) is 4.79 Å². The van der Waals surface area contributed by atoms with Gasteiger partial charge in [-0.1, -0.05) is 18.2 Å². The molecule has 0 bridgehead atoms. The molecule has 0 aliphatic carbocycles. The Labute approximate surface area is 126 Å². The predicted octanol–water partition coefficient (Wildman–Crippen LogP) is 3.22. The third-order valence-electron chi connectivity index (χ3n) is 3.08. The molecule has 21 heavy (non-hydrogen) atoms. The fourth-order valence-electron chi connectivity index (χ4n) is 2.03. The van der Waals surface area contributed by atoms with Crippen molar-refractivity contribution in [2.75, 3.05) is 7.11 Å². The van der Waals surface area contributed by atoms with Crippen LogP contribution in [-0.2, 0) is 5.75 Å². The van der Waals surface area contributed by atoms with Crippen LogP contribution in [-0.4, -0.2) is 17.1 Å². The van der Waals surface area contributed by atoms with Gasteiger partial charge in [-0.15, -0.1) is 11.8 Å². The van der Waals surface area contributed by atoms with Crippen LogP contribution in [0.3, 0.4) is 0 Å². The van der Waals surface area contributed by atoms with Crippen LogP contribution in [0.15, 0.2) is 58.2 Å². The highest BCUT2D eigenvalue weighted by atomic mass is 32.2. The van der Waals surface area contributed by atoms with E-state index in [1.165, 1.54) is 0 Å². The van der Waals surface area contributed by atoms with Gasteiger partial charge in [0.1, 0.15) is 11.6 Å². The Hall–Kier alpha value is -2.27. The molecule has 106 valence electrons. The van der Waals surface area contributed by atoms with E-state index in [0.717, 1.165) is 4.90 Å². The molecule has 0 spiro atoms. The number of hydrogen-bond acceptors (Lipinski definition) is 4. The number of H-pyrrole nitrogens is 1. The lowest BCUT2D eigenvalue weighted by Gasteiger charge is -2.05. The van der Waals surface area contributed by atoms with Crippen molar-refractivity contribution >= 4 is 22.7 Å². The summed E-state index contributed by atoms with van der Waals surface area (Å²) in [4.78, 5) is 20.6. The fraction of sp³-hybridized carbons (Fsp3) is 0.125. The zero-order chi connectivity index (χ0) is 14.7. The van der Waals surface area contributed by atoms with Crippen molar-refractivity contribution in [3.8, 4) is 5.75 Å². The van der Waals surface area contributed by atoms with Crippen molar-refractivity contribution in [3.63, 3.8) is 0 Å². The molecule has 0 saturated heterocycles. The number of rotatable bonds is 4. The number of aromatic nitrogens is 2. The molecule has 0 fully saturated rings. The molecule has 0 amide bonds. The Balaban J connectivity index is 1.88. The second kappa shape index (κ2) is 6.01. The Bertz CT molecular complexity index is 815. The summed E-state index contributed by atoms with van der Waals surface area (Å²) in [7, 11) is 1.58. The van der Waals surface area contributed by atoms with Crippen molar-refractivity contribution < 1.29 is 4.74 Å². The maximum atomic E-state index is 12.1. The number of methoxy groups -OCH3 is 1. The van der Waals surface area contributed by atoms with Gasteiger partial charge in [0.15, 0.2) is 0 Å². The zero-order valence-electron chi connectivity index (χ0n) is 11.5. The highest BCUT2D eigenvalue weighted by Gasteiger charge is 2.06. The SMILES string of the molecule is COc1ccc2nc(CSc3ccccc3)[nH]c(=O)c2c1. The Morgan fingerprint density at radius 2 is 2.00 bits per heavy atom. The molecule has 1 aromatic heterocycles. The van der Waals surface area contributed by atoms with E-state index >= 15 is 0 Å². The second-order valence-electron chi connectivity index (χ2n) is 4.50. The quantitative estimate of drug-likeness (QED) is 0.751. The molecule has 0 aliphatic rings. The Kier molecular flexibility index (Phi) is 3.92. The molecule has 1 N–H and O–H groups in total. The summed E-state index contributed by atoms with van der Waals surface area (Å²) >= 11 is 1.64. The molecule has 3 rings (SSSR count). The highest BCUT2D eigenvalue weighted by Crippen LogP contribution is 2.21. The molecule has 0 saturated carbocycles. The number of nitrogens with one attached hydrogen (secondary N) is 1. The van der Waals surface area contributed by atoms with E-state index in [9.17, 15) is 4.79 Å². The van der Waals surface area contributed by atoms with Crippen LogP contribution in [0.2, 0.25) is 0 Å². The first kappa shape index (κ1) is 13.7. The normalized spacial score (nSPS) is 10.7. The number of aromatic amines is 1. The zero-order valence-corrected chi connectivity index (χ0v) is 12.3. The van der Waals surface area contributed by atoms with E-state index in [2.05, 4.69) is 9.97 Å². The number of thioether (sulfide) groups is 1. The van der Waals surface area contributed by atoms with Crippen molar-refractivity contribution in [2.45, 2.75) is 10.6 Å². The van der Waals surface area contributed by atoms with Crippen LogP contribution < -0.4 is 10.3 Å². The van der Waals surface area contributed by atoms with Gasteiger partial charge < -0.3 is 9.72 Å². The van der Waals surface area contributed by atoms with Gasteiger partial charge in [0, 0.05) is 4.90 Å². The summed E-state index contributed by atoms with van der Waals surface area (Å²) in [6.07, 6.45) is 0. The van der Waals surface area contributed by atoms with E-state index in [-0.39, 0.29) is 5.56 Å². The molecule has 3 aromatic rings. The third kappa shape index (κ3) is 3.08. The first-order valence-corrected chi connectivity index (χ1v) is 7.49. The van der Waals surface area contributed by atoms with Crippen LogP contribution in [0.4, 0.5) is 0 Å². The molecule has 4 nitrogen and oxygen atoms in total. The number of benzene rings is 2. The lowest BCUT2D eigenvalue weighted by Crippen LogP contribution is -2.11. The molecule has 0 radical (unpaired) electrons. The summed E-state index contributed by atoms with van der Waals surface area (Å²) in [5, 5.41) is 0.544. The molecular weight excluding hydrogens is 284 g/mol. The van der Waals surface area contributed by atoms with Crippen molar-refractivity contribution in [1.82, 2.24) is 9.97 Å². The van der Waals surface area contributed by atoms with Crippen molar-refractivity contribution in [3.05, 3.63) is 64.7 Å². The summed E-state index contributed by atoms with van der Waals surface area (Å²) in [6, 6.07) is 15.4. The number of ether oxygens (including phenoxy) is 1. The molecule has 0 aliphatic heterocycles. The second-order valence-corrected chi connectivity index (χ2v) is 5.55. The summed E-state index contributed by atoms with van der Waals surface area (Å²) in [5.74, 6) is 1.95. The predicted molar refractivity (Wildman–Crippen MR) is 84.9 cm³/mol. The van der Waals surface area contributed by atoms with Gasteiger partial charge in [-0.05, 0) is 30.3 Å². The Morgan fingerprint density at radius 3 is 2.76 bits per heavy atom. The van der Waals surface area contributed by atoms with Crippen LogP contribution >= 0.6 is 11.8 Å². The van der Waals surface area contributed by atoms with E-state index in [0.29, 0.717) is 28.2 Å². The minimum atomic E-state index is -0.137. The largest absolute Gasteiger partial charge is 0.497 e. The first-order chi connectivity index (χ1) is 10.3. The van der Waals surface area contributed by atoms with E-state index in [4.69, 9.17) is 4.74 Å². The standard InChI is InChI=1S/C16H14N2O2S/c1-20-11-7-8-14-13(9-11)16(19)18-15(17-14)10-21-12-5-3-2-4-6-12/h2-9H,10H2,1H3,(H,17,18,19). The summed E-state index contributed by atoms with van der Waals surface area (Å²) < 4.78 is 5.13. The molecular formula is C16H14N2O2S. The first-order valence-electron chi connectivity index (χ1n) is 6.51. The van der Waals surface area contributed by atoms with Crippen LogP contribution in [0.25, 0.3) is 10.9 Å². The summed E-state index contributed by atoms with van der Waals surface area (Å²) in [6.45, 7) is 0. The molecule has 1 heterocycles. The van der Waals surface area contributed by atoms with E-state index < -0.39 is 0 Å². The van der Waals surface area contributed by atoms with E-state index in [1.54, 1.807) is 31.0 Å². The monoisotopic (exact) mass is 298 g/mol. The lowest BCUT2D eigenvalue weighted by atomic mass is 10.2. The van der Waals surface area contributed by atoms with Crippen LogP contribution in [0.5, 0.6) is 5.75 Å². The van der Waals surface area contributed by atoms with Gasteiger partial charge in [0.05, 0.1) is 23.8 Å². The third-order valence-corrected chi connectivity index (χ3v) is 4.10. The fourth-order valence-corrected chi connectivity index (χ4v) is 2.82. The number of nitrogens with zero attached hydrogens (tertiary/aromatic N) is 1. The van der Waals surface area contributed by atoms with Gasteiger partial charge >= 0.3 is 0 Å². The number of fused-ring (bicyclic) bond motifs is 1.